The van der Waals surface area contributed by atoms with Crippen molar-refractivity contribution < 1.29 is 14.3 Å². The molecule has 31 heavy (non-hydrogen) atoms. The molecule has 4 heteroatoms. The maximum Gasteiger partial charge on any atom is 0.241 e. The van der Waals surface area contributed by atoms with Crippen LogP contribution < -0.4 is 4.74 Å². The molecular weight excluding hydrogens is 400 g/mol. The molecule has 4 aromatic carbocycles. The highest BCUT2D eigenvalue weighted by Crippen LogP contribution is 2.40. The van der Waals surface area contributed by atoms with Gasteiger partial charge in [0.25, 0.3) is 0 Å². The number of allylic oxidation sites excluding steroid dienone is 2. The van der Waals surface area contributed by atoms with Crippen molar-refractivity contribution in [3.05, 3.63) is 84.3 Å². The van der Waals surface area contributed by atoms with E-state index < -0.39 is 8.32 Å². The van der Waals surface area contributed by atoms with Crippen LogP contribution in [0.25, 0.3) is 32.7 Å². The normalized spacial score (nSPS) is 12.7. The second kappa shape index (κ2) is 8.12. The van der Waals surface area contributed by atoms with Gasteiger partial charge < -0.3 is 14.3 Å². The van der Waals surface area contributed by atoms with Crippen LogP contribution in [0.2, 0.25) is 19.6 Å². The minimum atomic E-state index is -1.70. The molecule has 0 aliphatic rings. The van der Waals surface area contributed by atoms with Gasteiger partial charge >= 0.3 is 0 Å². The monoisotopic (exact) mass is 428 g/mol. The maximum absolute atomic E-state index is 10.3. The van der Waals surface area contributed by atoms with Crippen LogP contribution >= 0.6 is 0 Å². The van der Waals surface area contributed by atoms with Crippen molar-refractivity contribution in [1.82, 2.24) is 0 Å². The summed E-state index contributed by atoms with van der Waals surface area (Å²) in [4.78, 5) is 0. The van der Waals surface area contributed by atoms with Crippen LogP contribution in [0.4, 0.5) is 0 Å². The van der Waals surface area contributed by atoms with E-state index in [1.54, 1.807) is 6.07 Å². The van der Waals surface area contributed by atoms with Gasteiger partial charge in [-0.25, -0.2) is 0 Å². The molecule has 4 rings (SSSR count). The largest absolute Gasteiger partial charge is 0.545 e. The lowest BCUT2D eigenvalue weighted by molar-refractivity contribution is 0.349. The number of phenols is 1. The summed E-state index contributed by atoms with van der Waals surface area (Å²) >= 11 is 0. The van der Waals surface area contributed by atoms with Gasteiger partial charge in [-0.3, -0.25) is 0 Å². The first-order valence-electron chi connectivity index (χ1n) is 10.5. The Bertz CT molecular complexity index is 1300. The molecule has 0 aliphatic heterocycles. The zero-order valence-corrected chi connectivity index (χ0v) is 19.7. The summed E-state index contributed by atoms with van der Waals surface area (Å²) < 4.78 is 12.4. The minimum Gasteiger partial charge on any atom is -0.545 e. The smallest absolute Gasteiger partial charge is 0.241 e. The fraction of sp³-hybridized carbons (Fsp3) is 0.185. The summed E-state index contributed by atoms with van der Waals surface area (Å²) in [6, 6.07) is 24.1. The molecule has 0 amide bonds. The van der Waals surface area contributed by atoms with E-state index >= 15 is 0 Å². The number of fused-ring (bicyclic) bond motifs is 2. The molecular formula is C27H28O3Si. The molecule has 158 valence electrons. The molecule has 0 saturated heterocycles. The number of aromatic hydroxyl groups is 1. The van der Waals surface area contributed by atoms with Gasteiger partial charge in [-0.05, 0) is 67.5 Å². The van der Waals surface area contributed by atoms with Crippen LogP contribution in [0, 0.1) is 0 Å². The average molecular weight is 429 g/mol. The summed E-state index contributed by atoms with van der Waals surface area (Å²) in [5.74, 6) is 2.70. The van der Waals surface area contributed by atoms with Gasteiger partial charge in [0.2, 0.25) is 8.32 Å². The Hall–Kier alpha value is -3.24. The standard InChI is InChI=1S/C27H28O3Si/c1-18(19(2)30-31(3,4)5)29-27-17-15-23(21-11-7-9-13-25(21)27)22-14-16-26(28)24-12-8-6-10-20(22)24/h6-17,28H,1-5H3. The van der Waals surface area contributed by atoms with Crippen LogP contribution in [-0.4, -0.2) is 13.4 Å². The molecule has 4 aromatic rings. The quantitative estimate of drug-likeness (QED) is 0.260. The highest BCUT2D eigenvalue weighted by molar-refractivity contribution is 6.70. The van der Waals surface area contributed by atoms with E-state index in [0.717, 1.165) is 49.9 Å². The van der Waals surface area contributed by atoms with Crippen molar-refractivity contribution >= 4 is 29.9 Å². The number of benzene rings is 4. The maximum atomic E-state index is 10.3. The molecule has 0 saturated carbocycles. The van der Waals surface area contributed by atoms with E-state index in [9.17, 15) is 5.11 Å². The molecule has 0 aliphatic carbocycles. The van der Waals surface area contributed by atoms with Crippen molar-refractivity contribution in [2.45, 2.75) is 33.5 Å². The van der Waals surface area contributed by atoms with Crippen LogP contribution in [0.3, 0.4) is 0 Å². The van der Waals surface area contributed by atoms with Gasteiger partial charge in [-0.15, -0.1) is 0 Å². The van der Waals surface area contributed by atoms with Crippen LogP contribution in [-0.2, 0) is 4.43 Å². The molecule has 0 fully saturated rings. The van der Waals surface area contributed by atoms with Gasteiger partial charge in [0.05, 0.1) is 0 Å². The van der Waals surface area contributed by atoms with Crippen molar-refractivity contribution in [3.63, 3.8) is 0 Å². The molecule has 0 radical (unpaired) electrons. The van der Waals surface area contributed by atoms with Crippen molar-refractivity contribution in [3.8, 4) is 22.6 Å². The van der Waals surface area contributed by atoms with E-state index in [0.29, 0.717) is 5.75 Å². The highest BCUT2D eigenvalue weighted by Gasteiger charge is 2.18. The van der Waals surface area contributed by atoms with Crippen LogP contribution in [0.1, 0.15) is 13.8 Å². The van der Waals surface area contributed by atoms with Gasteiger partial charge in [0.1, 0.15) is 23.0 Å². The molecule has 0 bridgehead atoms. The first-order valence-corrected chi connectivity index (χ1v) is 13.9. The lowest BCUT2D eigenvalue weighted by Crippen LogP contribution is -2.25. The fourth-order valence-electron chi connectivity index (χ4n) is 3.88. The Morgan fingerprint density at radius 3 is 1.77 bits per heavy atom. The third-order valence-electron chi connectivity index (χ3n) is 5.29. The highest BCUT2D eigenvalue weighted by atomic mass is 28.4. The predicted octanol–water partition coefficient (Wildman–Crippen LogP) is 7.85. The summed E-state index contributed by atoms with van der Waals surface area (Å²) in [6.45, 7) is 10.4. The number of rotatable bonds is 5. The van der Waals surface area contributed by atoms with E-state index in [-0.39, 0.29) is 0 Å². The predicted molar refractivity (Wildman–Crippen MR) is 132 cm³/mol. The first-order chi connectivity index (χ1) is 14.7. The fourth-order valence-corrected chi connectivity index (χ4v) is 4.94. The number of ether oxygens (including phenoxy) is 1. The van der Waals surface area contributed by atoms with Gasteiger partial charge in [-0.1, -0.05) is 60.7 Å². The Balaban J connectivity index is 1.84. The molecule has 0 spiro atoms. The number of hydrogen-bond donors (Lipinski definition) is 1. The molecule has 0 aromatic heterocycles. The van der Waals surface area contributed by atoms with Crippen molar-refractivity contribution in [1.29, 1.82) is 0 Å². The second-order valence-electron chi connectivity index (χ2n) is 8.76. The first kappa shape index (κ1) is 21.0. The van der Waals surface area contributed by atoms with Gasteiger partial charge in [0, 0.05) is 10.8 Å². The van der Waals surface area contributed by atoms with Gasteiger partial charge in [0.15, 0.2) is 0 Å². The van der Waals surface area contributed by atoms with Crippen LogP contribution in [0.15, 0.2) is 84.3 Å². The van der Waals surface area contributed by atoms with Crippen molar-refractivity contribution in [2.75, 3.05) is 0 Å². The Morgan fingerprint density at radius 1 is 0.645 bits per heavy atom. The zero-order chi connectivity index (χ0) is 22.2. The minimum absolute atomic E-state index is 0.294. The second-order valence-corrected chi connectivity index (χ2v) is 13.2. The summed E-state index contributed by atoms with van der Waals surface area (Å²) in [5, 5.41) is 14.3. The van der Waals surface area contributed by atoms with Crippen molar-refractivity contribution in [2.24, 2.45) is 0 Å². The Morgan fingerprint density at radius 2 is 1.16 bits per heavy atom. The topological polar surface area (TPSA) is 38.7 Å². The average Bonchev–Trinajstić information content (AvgIpc) is 2.74. The third-order valence-corrected chi connectivity index (χ3v) is 6.21. The zero-order valence-electron chi connectivity index (χ0n) is 18.7. The Labute approximate surface area is 184 Å². The summed E-state index contributed by atoms with van der Waals surface area (Å²) in [6.07, 6.45) is 0. The summed E-state index contributed by atoms with van der Waals surface area (Å²) in [5.41, 5.74) is 2.19. The van der Waals surface area contributed by atoms with E-state index in [1.807, 2.05) is 62.4 Å². The van der Waals surface area contributed by atoms with E-state index in [2.05, 4.69) is 37.8 Å². The molecule has 0 heterocycles. The van der Waals surface area contributed by atoms with Gasteiger partial charge in [-0.2, -0.15) is 0 Å². The molecule has 0 unspecified atom stereocenters. The van der Waals surface area contributed by atoms with Crippen LogP contribution in [0.5, 0.6) is 11.5 Å². The Kier molecular flexibility index (Phi) is 5.50. The summed E-state index contributed by atoms with van der Waals surface area (Å²) in [7, 11) is -1.70. The van der Waals surface area contributed by atoms with E-state index in [4.69, 9.17) is 9.16 Å². The van der Waals surface area contributed by atoms with E-state index in [1.165, 1.54) is 0 Å². The SMILES string of the molecule is CC(Oc1ccc(-c2ccc(O)c3ccccc23)c2ccccc12)=C(C)O[Si](C)(C)C. The lowest BCUT2D eigenvalue weighted by atomic mass is 9.93. The molecule has 3 nitrogen and oxygen atoms in total. The lowest BCUT2D eigenvalue weighted by Gasteiger charge is -2.22. The number of phenolic OH excluding ortho intramolecular Hbond substituents is 1. The molecule has 1 N–H and O–H groups in total. The molecule has 0 atom stereocenters. The number of hydrogen-bond acceptors (Lipinski definition) is 3. The third kappa shape index (κ3) is 4.30.